The van der Waals surface area contributed by atoms with Gasteiger partial charge in [-0.25, -0.2) is 0 Å². The molecule has 14 nitrogen and oxygen atoms in total. The summed E-state index contributed by atoms with van der Waals surface area (Å²) in [6.45, 7) is 7.21. The zero-order chi connectivity index (χ0) is 64.8. The van der Waals surface area contributed by atoms with Crippen molar-refractivity contribution >= 4 is 78.5 Å². The molecule has 0 bridgehead atoms. The van der Waals surface area contributed by atoms with Crippen LogP contribution in [-0.4, -0.2) is 90.9 Å². The number of ketones is 2. The lowest BCUT2D eigenvalue weighted by atomic mass is 9.92. The van der Waals surface area contributed by atoms with Gasteiger partial charge in [-0.05, 0) is 49.3 Å². The van der Waals surface area contributed by atoms with Crippen molar-refractivity contribution in [2.24, 2.45) is 11.8 Å². The first-order valence-electron chi connectivity index (χ1n) is 33.4. The van der Waals surface area contributed by atoms with Crippen LogP contribution in [0.2, 0.25) is 0 Å². The number of carboxylic acids is 2. The van der Waals surface area contributed by atoms with E-state index in [0.717, 1.165) is 44.1 Å². The van der Waals surface area contributed by atoms with Crippen molar-refractivity contribution in [3.05, 3.63) is 143 Å². The molecule has 89 heavy (non-hydrogen) atoms. The number of amides is 3. The maximum absolute atomic E-state index is 12.6. The molecule has 4 aromatic carbocycles. The number of hydrogen-bond acceptors (Lipinski definition) is 9. The van der Waals surface area contributed by atoms with Crippen molar-refractivity contribution in [2.75, 3.05) is 39.5 Å². The fraction of sp³-hybridized carbons (Fsp3) is 0.575. The topological polar surface area (TPSA) is 214 Å². The van der Waals surface area contributed by atoms with Gasteiger partial charge in [-0.15, -0.1) is 0 Å². The second-order valence-electron chi connectivity index (χ2n) is 23.2. The normalized spacial score (nSPS) is 11.5. The number of unbranched alkanes of at least 4 members (excludes halogenated alkanes) is 22. The van der Waals surface area contributed by atoms with Crippen LogP contribution in [0.15, 0.2) is 109 Å². The Morgan fingerprint density at radius 1 is 0.404 bits per heavy atom. The smallest absolute Gasteiger partial charge is 0.304 e. The molecule has 4 rings (SSSR count). The van der Waals surface area contributed by atoms with Crippen molar-refractivity contribution in [1.29, 1.82) is 0 Å². The van der Waals surface area contributed by atoms with Crippen LogP contribution >= 0.6 is 37.2 Å². The molecule has 2 atom stereocenters. The lowest BCUT2D eigenvalue weighted by Gasteiger charge is -2.15. The Bertz CT molecular complexity index is 2480. The quantitative estimate of drug-likeness (QED) is 0.0159. The molecular formula is C73H107I2N3O11. The number of benzene rings is 4. The van der Waals surface area contributed by atoms with Gasteiger partial charge in [0.05, 0.1) is 32.8 Å². The van der Waals surface area contributed by atoms with E-state index in [1.807, 2.05) is 60.7 Å². The summed E-state index contributed by atoms with van der Waals surface area (Å²) in [5, 5.41) is 27.1. The molecule has 0 aliphatic heterocycles. The highest BCUT2D eigenvalue weighted by molar-refractivity contribution is 15.0. The van der Waals surface area contributed by atoms with Crippen molar-refractivity contribution in [3.8, 4) is 0 Å². The number of hydrogen-bond donors (Lipinski definition) is 5. The van der Waals surface area contributed by atoms with Crippen LogP contribution < -0.4 is 16.0 Å². The standard InChI is InChI=1S/C37H54N2O5.C36H53NO6.I2/c1-2-3-4-5-6-7-8-9-10-11-12-14-18-30(29-35(41)42)21-26-34(40)38-27-17-28-39-37(44)33-24-22-32(23-25-33)36(43)31-19-15-13-16-20-31;1-2-3-4-5-6-7-8-9-10-11-12-14-19-33(28-34(38)39)36(41)37-24-25-42-26-27-43-29-30-20-22-32(23-21-30)35(40)31-17-15-13-16-18-31;1-2/h13,15-16,19-20,22-25,30H,2-12,14,17-18,21,26-29H2,1H3,(H,38,40)(H,39,44)(H,41,42);13,15-18,20-23,33H,2-12,14,19,24-29H2,1H3,(H,37,41)(H,38,39);. The molecule has 0 fully saturated rings. The molecule has 4 aromatic rings. The van der Waals surface area contributed by atoms with E-state index >= 15 is 0 Å². The molecule has 0 heterocycles. The van der Waals surface area contributed by atoms with Gasteiger partial charge < -0.3 is 35.6 Å². The second kappa shape index (κ2) is 54.7. The van der Waals surface area contributed by atoms with Gasteiger partial charge in [0, 0.05) is 103 Å². The molecule has 0 spiro atoms. The summed E-state index contributed by atoms with van der Waals surface area (Å²) in [7, 11) is 0. The highest BCUT2D eigenvalue weighted by Crippen LogP contribution is 2.22. The number of aliphatic carboxylic acids is 2. The van der Waals surface area contributed by atoms with E-state index in [1.165, 1.54) is 122 Å². The molecule has 0 radical (unpaired) electrons. The molecular weight excluding hydrogens is 1350 g/mol. The van der Waals surface area contributed by atoms with Crippen LogP contribution in [0.4, 0.5) is 0 Å². The predicted molar refractivity (Wildman–Crippen MR) is 376 cm³/mol. The van der Waals surface area contributed by atoms with Crippen LogP contribution in [0.25, 0.3) is 0 Å². The van der Waals surface area contributed by atoms with Crippen LogP contribution in [0, 0.1) is 11.8 Å². The van der Waals surface area contributed by atoms with Crippen LogP contribution in [0.1, 0.15) is 261 Å². The molecule has 5 N–H and O–H groups in total. The third kappa shape index (κ3) is 41.1. The van der Waals surface area contributed by atoms with Crippen LogP contribution in [0.3, 0.4) is 0 Å². The zero-order valence-electron chi connectivity index (χ0n) is 53.7. The van der Waals surface area contributed by atoms with Gasteiger partial charge in [-0.3, -0.25) is 33.6 Å². The molecule has 0 saturated carbocycles. The summed E-state index contributed by atoms with van der Waals surface area (Å²) in [5.41, 5.74) is 3.86. The number of carboxylic acid groups (broad SMARTS) is 2. The Hall–Kier alpha value is -5.05. The molecule has 0 aromatic heterocycles. The van der Waals surface area contributed by atoms with E-state index in [0.29, 0.717) is 99.6 Å². The van der Waals surface area contributed by atoms with E-state index in [9.17, 15) is 43.8 Å². The molecule has 3 amide bonds. The molecule has 16 heteroatoms. The number of nitrogens with one attached hydrogen (secondary N) is 3. The second-order valence-corrected chi connectivity index (χ2v) is 23.2. The average molecular weight is 1460 g/mol. The minimum atomic E-state index is -0.940. The van der Waals surface area contributed by atoms with E-state index < -0.39 is 17.9 Å². The summed E-state index contributed by atoms with van der Waals surface area (Å²) >= 11 is 4.24. The largest absolute Gasteiger partial charge is 0.481 e. The Labute approximate surface area is 557 Å². The summed E-state index contributed by atoms with van der Waals surface area (Å²) in [6.07, 6.45) is 33.1. The van der Waals surface area contributed by atoms with Crippen molar-refractivity contribution in [3.63, 3.8) is 0 Å². The van der Waals surface area contributed by atoms with Gasteiger partial charge in [0.25, 0.3) is 5.91 Å². The van der Waals surface area contributed by atoms with Gasteiger partial charge in [0.1, 0.15) is 0 Å². The third-order valence-corrected chi connectivity index (χ3v) is 15.8. The van der Waals surface area contributed by atoms with E-state index in [-0.39, 0.29) is 48.0 Å². The Morgan fingerprint density at radius 2 is 0.809 bits per heavy atom. The summed E-state index contributed by atoms with van der Waals surface area (Å²) in [5.74, 6) is -2.84. The Morgan fingerprint density at radius 3 is 1.28 bits per heavy atom. The highest BCUT2D eigenvalue weighted by atomic mass is 128. The average Bonchev–Trinajstić information content (AvgIpc) is 3.34. The van der Waals surface area contributed by atoms with E-state index in [4.69, 9.17) is 9.47 Å². The predicted octanol–water partition coefficient (Wildman–Crippen LogP) is 17.6. The first-order valence-corrected chi connectivity index (χ1v) is 39.6. The fourth-order valence-corrected chi connectivity index (χ4v) is 10.5. The molecule has 0 aliphatic rings. The number of carbonyl (C=O) groups is 7. The monoisotopic (exact) mass is 1460 g/mol. The fourth-order valence-electron chi connectivity index (χ4n) is 10.5. The summed E-state index contributed by atoms with van der Waals surface area (Å²) < 4.78 is 11.2. The van der Waals surface area contributed by atoms with E-state index in [2.05, 4.69) is 67.0 Å². The number of rotatable bonds is 51. The van der Waals surface area contributed by atoms with Gasteiger partial charge >= 0.3 is 11.9 Å². The van der Waals surface area contributed by atoms with Crippen molar-refractivity contribution in [1.82, 2.24) is 16.0 Å². The van der Waals surface area contributed by atoms with Gasteiger partial charge in [0.15, 0.2) is 11.6 Å². The minimum Gasteiger partial charge on any atom is -0.481 e. The highest BCUT2D eigenvalue weighted by Gasteiger charge is 2.21. The minimum absolute atomic E-state index is 0.00724. The Kier molecular flexibility index (Phi) is 49.2. The zero-order valence-corrected chi connectivity index (χ0v) is 58.1. The maximum atomic E-state index is 12.6. The van der Waals surface area contributed by atoms with Crippen LogP contribution in [-0.2, 0) is 35.3 Å². The first-order chi connectivity index (χ1) is 43.4. The van der Waals surface area contributed by atoms with Gasteiger partial charge in [-0.2, -0.15) is 0 Å². The summed E-state index contributed by atoms with van der Waals surface area (Å²) in [6, 6.07) is 32.2. The molecule has 0 aliphatic carbocycles. The number of halogens is 2. The molecule has 2 unspecified atom stereocenters. The van der Waals surface area contributed by atoms with Crippen molar-refractivity contribution in [2.45, 2.75) is 219 Å². The SMILES string of the molecule is CCCCCCCCCCCCCCC(CC(=O)O)C(=O)NCCOCCOCc1ccc(C(=O)c2ccccc2)cc1.CCCCCCCCCCCCCCC(CCC(=O)NCCCNC(=O)c1ccc(C(=O)c2ccccc2)cc1)CC(=O)O.II. The Balaban J connectivity index is 0.000000590. The van der Waals surface area contributed by atoms with E-state index in [1.54, 1.807) is 48.5 Å². The lowest BCUT2D eigenvalue weighted by molar-refractivity contribution is -0.141. The number of carbonyl (C=O) groups excluding carboxylic acids is 5. The lowest BCUT2D eigenvalue weighted by Crippen LogP contribution is -2.34. The van der Waals surface area contributed by atoms with Crippen LogP contribution in [0.5, 0.6) is 0 Å². The van der Waals surface area contributed by atoms with Crippen molar-refractivity contribution < 1.29 is 53.2 Å². The molecule has 0 saturated heterocycles. The third-order valence-electron chi connectivity index (χ3n) is 15.8. The number of ether oxygens (including phenoxy) is 2. The van der Waals surface area contributed by atoms with Gasteiger partial charge in [-0.1, -0.05) is 265 Å². The van der Waals surface area contributed by atoms with Gasteiger partial charge in [0.2, 0.25) is 11.8 Å². The maximum Gasteiger partial charge on any atom is 0.304 e. The summed E-state index contributed by atoms with van der Waals surface area (Å²) in [4.78, 5) is 85.0. The first kappa shape index (κ1) is 80.0. The molecule has 494 valence electrons.